The molecule has 1 saturated carbocycles. The van der Waals surface area contributed by atoms with Gasteiger partial charge in [-0.25, -0.2) is 0 Å². The smallest absolute Gasteiger partial charge is 0.220 e. The molecule has 78 valence electrons. The van der Waals surface area contributed by atoms with Crippen LogP contribution in [0.4, 0.5) is 0 Å². The number of allylic oxidation sites excluding steroid dienone is 2. The highest BCUT2D eigenvalue weighted by molar-refractivity contribution is 5.76. The molecule has 14 heavy (non-hydrogen) atoms. The molecule has 1 fully saturated rings. The maximum Gasteiger partial charge on any atom is 0.220 e. The molecule has 0 heterocycles. The van der Waals surface area contributed by atoms with Crippen molar-refractivity contribution in [2.75, 3.05) is 6.54 Å². The van der Waals surface area contributed by atoms with Crippen molar-refractivity contribution >= 4 is 5.91 Å². The molecule has 0 spiro atoms. The first-order chi connectivity index (χ1) is 6.72. The van der Waals surface area contributed by atoms with Crippen LogP contribution in [-0.2, 0) is 4.79 Å². The monoisotopic (exact) mass is 193 g/mol. The van der Waals surface area contributed by atoms with Crippen LogP contribution >= 0.6 is 0 Å². The van der Waals surface area contributed by atoms with Crippen molar-refractivity contribution in [3.05, 3.63) is 12.2 Å². The second-order valence-corrected chi connectivity index (χ2v) is 4.63. The molecule has 1 amide bonds. The van der Waals surface area contributed by atoms with Gasteiger partial charge in [-0.1, -0.05) is 19.1 Å². The van der Waals surface area contributed by atoms with Crippen molar-refractivity contribution < 1.29 is 4.79 Å². The summed E-state index contributed by atoms with van der Waals surface area (Å²) in [6.45, 7) is 5.02. The molecule has 4 atom stereocenters. The Kier molecular flexibility index (Phi) is 2.62. The van der Waals surface area contributed by atoms with Crippen LogP contribution in [0.1, 0.15) is 26.7 Å². The van der Waals surface area contributed by atoms with Crippen LogP contribution in [0.15, 0.2) is 12.2 Å². The SMILES string of the molecule is CCNC(=O)CC1C2C=CC(C2)C1C. The zero-order valence-corrected chi connectivity index (χ0v) is 8.99. The maximum atomic E-state index is 11.5. The molecule has 1 N–H and O–H groups in total. The summed E-state index contributed by atoms with van der Waals surface area (Å²) in [6, 6.07) is 0. The lowest BCUT2D eigenvalue weighted by atomic mass is 9.82. The van der Waals surface area contributed by atoms with Crippen LogP contribution in [-0.4, -0.2) is 12.5 Å². The van der Waals surface area contributed by atoms with Gasteiger partial charge in [-0.15, -0.1) is 0 Å². The van der Waals surface area contributed by atoms with E-state index < -0.39 is 0 Å². The van der Waals surface area contributed by atoms with Gasteiger partial charge in [0.1, 0.15) is 0 Å². The van der Waals surface area contributed by atoms with E-state index >= 15 is 0 Å². The van der Waals surface area contributed by atoms with Gasteiger partial charge in [0.15, 0.2) is 0 Å². The van der Waals surface area contributed by atoms with Crippen molar-refractivity contribution in [1.82, 2.24) is 5.32 Å². The van der Waals surface area contributed by atoms with Crippen LogP contribution < -0.4 is 5.32 Å². The fourth-order valence-corrected chi connectivity index (χ4v) is 2.99. The highest BCUT2D eigenvalue weighted by Crippen LogP contribution is 2.48. The zero-order chi connectivity index (χ0) is 10.1. The van der Waals surface area contributed by atoms with Crippen molar-refractivity contribution in [2.45, 2.75) is 26.7 Å². The summed E-state index contributed by atoms with van der Waals surface area (Å²) in [7, 11) is 0. The predicted octanol–water partition coefficient (Wildman–Crippen LogP) is 1.97. The van der Waals surface area contributed by atoms with Crippen molar-refractivity contribution in [2.24, 2.45) is 23.7 Å². The molecular formula is C12H19NO. The molecule has 4 unspecified atom stereocenters. The number of amides is 1. The van der Waals surface area contributed by atoms with Crippen LogP contribution in [0, 0.1) is 23.7 Å². The van der Waals surface area contributed by atoms with E-state index in [1.807, 2.05) is 6.92 Å². The molecule has 0 aliphatic heterocycles. The standard InChI is InChI=1S/C12H19NO/c1-3-13-12(14)7-11-8(2)9-4-5-10(11)6-9/h4-5,8-11H,3,6-7H2,1-2H3,(H,13,14). The lowest BCUT2D eigenvalue weighted by Gasteiger charge is -2.24. The van der Waals surface area contributed by atoms with Gasteiger partial charge in [-0.05, 0) is 37.0 Å². The van der Waals surface area contributed by atoms with Crippen LogP contribution in [0.2, 0.25) is 0 Å². The molecule has 0 radical (unpaired) electrons. The average molecular weight is 193 g/mol. The summed E-state index contributed by atoms with van der Waals surface area (Å²) >= 11 is 0. The van der Waals surface area contributed by atoms with E-state index in [0.29, 0.717) is 17.8 Å². The number of carbonyl (C=O) groups excluding carboxylic acids is 1. The molecule has 2 rings (SSSR count). The van der Waals surface area contributed by atoms with Crippen molar-refractivity contribution in [3.63, 3.8) is 0 Å². The number of carbonyl (C=O) groups is 1. The highest BCUT2D eigenvalue weighted by Gasteiger charge is 2.42. The Morgan fingerprint density at radius 2 is 2.14 bits per heavy atom. The average Bonchev–Trinajstić information content (AvgIpc) is 2.70. The van der Waals surface area contributed by atoms with Gasteiger partial charge in [0.05, 0.1) is 0 Å². The molecule has 2 nitrogen and oxygen atoms in total. The van der Waals surface area contributed by atoms with E-state index in [9.17, 15) is 4.79 Å². The Hall–Kier alpha value is -0.790. The quantitative estimate of drug-likeness (QED) is 0.682. The Balaban J connectivity index is 1.93. The molecule has 0 aromatic rings. The minimum atomic E-state index is 0.227. The van der Waals surface area contributed by atoms with E-state index in [-0.39, 0.29) is 5.91 Å². The van der Waals surface area contributed by atoms with Gasteiger partial charge in [-0.3, -0.25) is 4.79 Å². The van der Waals surface area contributed by atoms with Crippen molar-refractivity contribution in [3.8, 4) is 0 Å². The fourth-order valence-electron chi connectivity index (χ4n) is 2.99. The number of rotatable bonds is 3. The zero-order valence-electron chi connectivity index (χ0n) is 8.99. The molecular weight excluding hydrogens is 174 g/mol. The van der Waals surface area contributed by atoms with Gasteiger partial charge >= 0.3 is 0 Å². The first-order valence-electron chi connectivity index (χ1n) is 5.67. The van der Waals surface area contributed by atoms with Gasteiger partial charge in [-0.2, -0.15) is 0 Å². The van der Waals surface area contributed by atoms with Gasteiger partial charge in [0.25, 0.3) is 0 Å². The first-order valence-corrected chi connectivity index (χ1v) is 5.67. The normalized spacial score (nSPS) is 39.0. The third kappa shape index (κ3) is 1.58. The summed E-state index contributed by atoms with van der Waals surface area (Å²) in [4.78, 5) is 11.5. The van der Waals surface area contributed by atoms with Gasteiger partial charge in [0.2, 0.25) is 5.91 Å². The van der Waals surface area contributed by atoms with E-state index in [1.165, 1.54) is 6.42 Å². The van der Waals surface area contributed by atoms with E-state index in [0.717, 1.165) is 18.9 Å². The Labute approximate surface area is 85.8 Å². The highest BCUT2D eigenvalue weighted by atomic mass is 16.1. The summed E-state index contributed by atoms with van der Waals surface area (Å²) in [5.41, 5.74) is 0. The molecule has 2 bridgehead atoms. The lowest BCUT2D eigenvalue weighted by molar-refractivity contribution is -0.122. The Morgan fingerprint density at radius 3 is 2.71 bits per heavy atom. The van der Waals surface area contributed by atoms with E-state index in [1.54, 1.807) is 0 Å². The van der Waals surface area contributed by atoms with Gasteiger partial charge in [0, 0.05) is 13.0 Å². The van der Waals surface area contributed by atoms with Gasteiger partial charge < -0.3 is 5.32 Å². The van der Waals surface area contributed by atoms with Crippen LogP contribution in [0.25, 0.3) is 0 Å². The molecule has 2 aliphatic carbocycles. The third-order valence-corrected chi connectivity index (χ3v) is 3.85. The molecule has 2 aliphatic rings. The topological polar surface area (TPSA) is 29.1 Å². The van der Waals surface area contributed by atoms with Crippen molar-refractivity contribution in [1.29, 1.82) is 0 Å². The number of hydrogen-bond donors (Lipinski definition) is 1. The van der Waals surface area contributed by atoms with E-state index in [4.69, 9.17) is 0 Å². The second-order valence-electron chi connectivity index (χ2n) is 4.63. The molecule has 0 aromatic carbocycles. The molecule has 0 aromatic heterocycles. The minimum absolute atomic E-state index is 0.227. The molecule has 0 saturated heterocycles. The Morgan fingerprint density at radius 1 is 1.43 bits per heavy atom. The Bertz CT molecular complexity index is 259. The predicted molar refractivity (Wildman–Crippen MR) is 56.7 cm³/mol. The summed E-state index contributed by atoms with van der Waals surface area (Å²) in [5, 5.41) is 2.89. The number of hydrogen-bond acceptors (Lipinski definition) is 1. The number of fused-ring (bicyclic) bond motifs is 2. The number of nitrogens with one attached hydrogen (secondary N) is 1. The summed E-state index contributed by atoms with van der Waals surface area (Å²) in [5.74, 6) is 2.95. The summed E-state index contributed by atoms with van der Waals surface area (Å²) < 4.78 is 0. The molecule has 2 heteroatoms. The largest absolute Gasteiger partial charge is 0.356 e. The maximum absolute atomic E-state index is 11.5. The van der Waals surface area contributed by atoms with Crippen LogP contribution in [0.3, 0.4) is 0 Å². The second kappa shape index (κ2) is 3.76. The minimum Gasteiger partial charge on any atom is -0.356 e. The summed E-state index contributed by atoms with van der Waals surface area (Å²) in [6.07, 6.45) is 6.66. The first kappa shape index (κ1) is 9.75. The third-order valence-electron chi connectivity index (χ3n) is 3.85. The van der Waals surface area contributed by atoms with E-state index in [2.05, 4.69) is 24.4 Å². The fraction of sp³-hybridized carbons (Fsp3) is 0.750. The van der Waals surface area contributed by atoms with Crippen LogP contribution in [0.5, 0.6) is 0 Å². The lowest BCUT2D eigenvalue weighted by Crippen LogP contribution is -2.28.